The molecule has 1 aliphatic carbocycles. The van der Waals surface area contributed by atoms with Gasteiger partial charge >= 0.3 is 12.0 Å². The Hall–Kier alpha value is -2.46. The molecule has 1 aromatic rings. The van der Waals surface area contributed by atoms with Gasteiger partial charge in [-0.3, -0.25) is 14.9 Å². The topological polar surface area (TPSA) is 131 Å². The molecule has 9 nitrogen and oxygen atoms in total. The van der Waals surface area contributed by atoms with Gasteiger partial charge < -0.3 is 10.1 Å². The average Bonchev–Trinajstić information content (AvgIpc) is 3.36. The van der Waals surface area contributed by atoms with Gasteiger partial charge in [0, 0.05) is 6.04 Å². The maximum Gasteiger partial charge on any atom is 0.324 e. The molecule has 1 saturated carbocycles. The van der Waals surface area contributed by atoms with E-state index in [0.717, 1.165) is 18.4 Å². The van der Waals surface area contributed by atoms with E-state index in [4.69, 9.17) is 4.74 Å². The van der Waals surface area contributed by atoms with Gasteiger partial charge in [0.25, 0.3) is 5.91 Å². The van der Waals surface area contributed by atoms with E-state index in [9.17, 15) is 22.8 Å². The van der Waals surface area contributed by atoms with Crippen molar-refractivity contribution in [2.75, 3.05) is 6.61 Å². The first-order valence-electron chi connectivity index (χ1n) is 8.03. The van der Waals surface area contributed by atoms with Crippen LogP contribution in [0.4, 0.5) is 4.79 Å². The van der Waals surface area contributed by atoms with Gasteiger partial charge in [0.05, 0.1) is 4.90 Å². The van der Waals surface area contributed by atoms with Crippen LogP contribution in [0.2, 0.25) is 0 Å². The summed E-state index contributed by atoms with van der Waals surface area (Å²) in [5.41, 5.74) is 0.896. The number of benzene rings is 1. The predicted molar refractivity (Wildman–Crippen MR) is 91.6 cm³/mol. The van der Waals surface area contributed by atoms with Crippen molar-refractivity contribution < 1.29 is 27.5 Å². The van der Waals surface area contributed by atoms with Crippen molar-refractivity contribution in [1.29, 1.82) is 0 Å². The zero-order valence-electron chi connectivity index (χ0n) is 14.4. The number of sulfonamides is 1. The summed E-state index contributed by atoms with van der Waals surface area (Å²) in [6.07, 6.45) is 1.74. The molecule has 1 fully saturated rings. The van der Waals surface area contributed by atoms with E-state index in [2.05, 4.69) is 10.0 Å². The lowest BCUT2D eigenvalue weighted by Gasteiger charge is -2.14. The van der Waals surface area contributed by atoms with Crippen molar-refractivity contribution in [3.8, 4) is 0 Å². The van der Waals surface area contributed by atoms with Crippen molar-refractivity contribution >= 4 is 27.9 Å². The van der Waals surface area contributed by atoms with Crippen molar-refractivity contribution in [3.05, 3.63) is 29.8 Å². The Balaban J connectivity index is 1.79. The molecule has 0 aromatic heterocycles. The number of esters is 1. The fraction of sp³-hybridized carbons (Fsp3) is 0.438. The molecule has 26 heavy (non-hydrogen) atoms. The first kappa shape index (κ1) is 19.9. The first-order valence-corrected chi connectivity index (χ1v) is 9.51. The predicted octanol–water partition coefficient (Wildman–Crippen LogP) is 0.193. The lowest BCUT2D eigenvalue weighted by Crippen LogP contribution is -2.44. The van der Waals surface area contributed by atoms with E-state index in [1.54, 1.807) is 12.1 Å². The zero-order valence-corrected chi connectivity index (χ0v) is 15.3. The number of amides is 3. The smallest absolute Gasteiger partial charge is 0.324 e. The summed E-state index contributed by atoms with van der Waals surface area (Å²) in [6.45, 7) is 2.43. The Morgan fingerprint density at radius 3 is 2.38 bits per heavy atom. The Kier molecular flexibility index (Phi) is 6.32. The summed E-state index contributed by atoms with van der Waals surface area (Å²) in [5.74, 6) is -1.73. The van der Waals surface area contributed by atoms with Gasteiger partial charge in [-0.25, -0.2) is 13.2 Å². The number of nitrogens with one attached hydrogen (secondary N) is 3. The molecule has 10 heteroatoms. The van der Waals surface area contributed by atoms with E-state index < -0.39 is 40.6 Å². The number of rotatable bonds is 7. The monoisotopic (exact) mass is 383 g/mol. The van der Waals surface area contributed by atoms with Gasteiger partial charge in [-0.1, -0.05) is 17.7 Å². The van der Waals surface area contributed by atoms with E-state index in [-0.39, 0.29) is 10.9 Å². The Bertz CT molecular complexity index is 787. The summed E-state index contributed by atoms with van der Waals surface area (Å²) < 4.78 is 31.3. The van der Waals surface area contributed by atoms with E-state index >= 15 is 0 Å². The molecule has 0 saturated heterocycles. The molecule has 1 atom stereocenters. The van der Waals surface area contributed by atoms with Crippen LogP contribution in [0.25, 0.3) is 0 Å². The third-order valence-electron chi connectivity index (χ3n) is 3.53. The fourth-order valence-electron chi connectivity index (χ4n) is 1.94. The summed E-state index contributed by atoms with van der Waals surface area (Å²) in [7, 11) is -3.90. The Morgan fingerprint density at radius 1 is 1.19 bits per heavy atom. The van der Waals surface area contributed by atoms with Crippen LogP contribution in [-0.2, 0) is 24.3 Å². The van der Waals surface area contributed by atoms with Crippen LogP contribution in [0, 0.1) is 6.92 Å². The third kappa shape index (κ3) is 6.12. The maximum atomic E-state index is 12.2. The van der Waals surface area contributed by atoms with E-state index in [0.29, 0.717) is 0 Å². The number of carbonyl (C=O) groups excluding carboxylic acids is 3. The first-order chi connectivity index (χ1) is 12.2. The molecule has 0 heterocycles. The van der Waals surface area contributed by atoms with E-state index in [1.807, 2.05) is 12.2 Å². The highest BCUT2D eigenvalue weighted by Crippen LogP contribution is 2.18. The van der Waals surface area contributed by atoms with Crippen LogP contribution in [0.1, 0.15) is 25.3 Å². The molecule has 3 amide bonds. The third-order valence-corrected chi connectivity index (χ3v) is 5.08. The van der Waals surface area contributed by atoms with Crippen LogP contribution in [0.3, 0.4) is 0 Å². The molecule has 0 aliphatic heterocycles. The average molecular weight is 383 g/mol. The summed E-state index contributed by atoms with van der Waals surface area (Å²) >= 11 is 0. The minimum Gasteiger partial charge on any atom is -0.454 e. The number of ether oxygens (including phenoxy) is 1. The summed E-state index contributed by atoms with van der Waals surface area (Å²) in [4.78, 5) is 34.8. The minimum atomic E-state index is -3.90. The van der Waals surface area contributed by atoms with Crippen molar-refractivity contribution in [2.45, 2.75) is 43.7 Å². The van der Waals surface area contributed by atoms with Crippen LogP contribution in [0.15, 0.2) is 29.2 Å². The van der Waals surface area contributed by atoms with Crippen molar-refractivity contribution in [1.82, 2.24) is 15.4 Å². The molecule has 1 aromatic carbocycles. The van der Waals surface area contributed by atoms with Crippen LogP contribution in [0.5, 0.6) is 0 Å². The molecule has 0 radical (unpaired) electrons. The largest absolute Gasteiger partial charge is 0.454 e. The standard InChI is InChI=1S/C16H21N3O6S/c1-10-3-7-13(8-4-10)26(23,24)19-11(2)15(21)25-9-14(20)18-16(22)17-12-5-6-12/h3-4,7-8,11-12,19H,5-6,9H2,1-2H3,(H2,17,18,20,22)/t11-/m0/s1. The number of aryl methyl sites for hydroxylation is 1. The van der Waals surface area contributed by atoms with Crippen molar-refractivity contribution in [2.24, 2.45) is 0 Å². The van der Waals surface area contributed by atoms with Crippen LogP contribution < -0.4 is 15.4 Å². The normalized spacial score (nSPS) is 15.0. The molecule has 1 aliphatic rings. The second kappa shape index (κ2) is 8.28. The van der Waals surface area contributed by atoms with Crippen LogP contribution >= 0.6 is 0 Å². The van der Waals surface area contributed by atoms with Gasteiger partial charge in [-0.05, 0) is 38.8 Å². The van der Waals surface area contributed by atoms with Gasteiger partial charge in [0.1, 0.15) is 6.04 Å². The quantitative estimate of drug-likeness (QED) is 0.576. The van der Waals surface area contributed by atoms with Gasteiger partial charge in [0.15, 0.2) is 6.61 Å². The van der Waals surface area contributed by atoms with Gasteiger partial charge in [0.2, 0.25) is 10.0 Å². The molecular weight excluding hydrogens is 362 g/mol. The molecule has 2 rings (SSSR count). The molecule has 0 bridgehead atoms. The number of hydrogen-bond donors (Lipinski definition) is 3. The van der Waals surface area contributed by atoms with Gasteiger partial charge in [-0.2, -0.15) is 4.72 Å². The number of urea groups is 1. The SMILES string of the molecule is Cc1ccc(S(=O)(=O)N[C@@H](C)C(=O)OCC(=O)NC(=O)NC2CC2)cc1. The molecule has 0 spiro atoms. The lowest BCUT2D eigenvalue weighted by atomic mass is 10.2. The highest BCUT2D eigenvalue weighted by atomic mass is 32.2. The van der Waals surface area contributed by atoms with Gasteiger partial charge in [-0.15, -0.1) is 0 Å². The number of imide groups is 1. The molecule has 142 valence electrons. The van der Waals surface area contributed by atoms with E-state index in [1.165, 1.54) is 19.1 Å². The highest BCUT2D eigenvalue weighted by Gasteiger charge is 2.25. The summed E-state index contributed by atoms with van der Waals surface area (Å²) in [6, 6.07) is 4.34. The molecular formula is C16H21N3O6S. The molecule has 0 unspecified atom stereocenters. The number of hydrogen-bond acceptors (Lipinski definition) is 6. The highest BCUT2D eigenvalue weighted by molar-refractivity contribution is 7.89. The zero-order chi connectivity index (χ0) is 19.3. The lowest BCUT2D eigenvalue weighted by molar-refractivity contribution is -0.149. The second-order valence-electron chi connectivity index (χ2n) is 6.06. The fourth-order valence-corrected chi connectivity index (χ4v) is 3.13. The molecule has 3 N–H and O–H groups in total. The second-order valence-corrected chi connectivity index (χ2v) is 7.77. The van der Waals surface area contributed by atoms with Crippen molar-refractivity contribution in [3.63, 3.8) is 0 Å². The Labute approximate surface area is 151 Å². The Morgan fingerprint density at radius 2 is 1.81 bits per heavy atom. The summed E-state index contributed by atoms with van der Waals surface area (Å²) in [5, 5.41) is 4.57. The maximum absolute atomic E-state index is 12.2. The van der Waals surface area contributed by atoms with Crippen LogP contribution in [-0.4, -0.2) is 45.0 Å². The minimum absolute atomic E-state index is 0.0113. The number of carbonyl (C=O) groups is 3.